The first-order chi connectivity index (χ1) is 18.0. The van der Waals surface area contributed by atoms with Crippen LogP contribution in [0.2, 0.25) is 0 Å². The van der Waals surface area contributed by atoms with Gasteiger partial charge < -0.3 is 10.1 Å². The van der Waals surface area contributed by atoms with E-state index in [1.165, 1.54) is 7.11 Å². The van der Waals surface area contributed by atoms with Gasteiger partial charge in [-0.2, -0.15) is 0 Å². The number of thiophene rings is 1. The summed E-state index contributed by atoms with van der Waals surface area (Å²) in [4.78, 5) is 44.0. The Morgan fingerprint density at radius 1 is 0.946 bits per heavy atom. The average molecular weight is 551 g/mol. The van der Waals surface area contributed by atoms with Gasteiger partial charge >= 0.3 is 5.97 Å². The van der Waals surface area contributed by atoms with Gasteiger partial charge in [-0.15, -0.1) is 22.7 Å². The van der Waals surface area contributed by atoms with Crippen LogP contribution in [-0.2, 0) is 27.2 Å². The molecule has 6 nitrogen and oxygen atoms in total. The van der Waals surface area contributed by atoms with Crippen LogP contribution >= 0.6 is 34.4 Å². The molecule has 1 amide bonds. The molecule has 0 fully saturated rings. The Morgan fingerprint density at radius 3 is 2.38 bits per heavy atom. The van der Waals surface area contributed by atoms with Gasteiger partial charge in [0, 0.05) is 39.8 Å². The van der Waals surface area contributed by atoms with Crippen molar-refractivity contribution in [2.45, 2.75) is 18.9 Å². The minimum atomic E-state index is -0.844. The molecule has 0 radical (unpaired) electrons. The maximum Gasteiger partial charge on any atom is 0.328 e. The van der Waals surface area contributed by atoms with Gasteiger partial charge in [0.25, 0.3) is 0 Å². The van der Waals surface area contributed by atoms with Gasteiger partial charge in [0.2, 0.25) is 11.0 Å². The molecule has 2 aromatic heterocycles. The summed E-state index contributed by atoms with van der Waals surface area (Å²) in [6, 6.07) is 19.8. The Labute approximate surface area is 228 Å². The van der Waals surface area contributed by atoms with Crippen molar-refractivity contribution in [2.24, 2.45) is 5.92 Å². The van der Waals surface area contributed by atoms with Gasteiger partial charge in [0.15, 0.2) is 0 Å². The number of thiazole rings is 1. The molecule has 37 heavy (non-hydrogen) atoms. The van der Waals surface area contributed by atoms with Crippen molar-refractivity contribution in [2.75, 3.05) is 12.9 Å². The first kappa shape index (κ1) is 26.8. The van der Waals surface area contributed by atoms with E-state index in [2.05, 4.69) is 10.3 Å². The van der Waals surface area contributed by atoms with Crippen LogP contribution in [0.1, 0.15) is 20.8 Å². The molecule has 0 saturated carbocycles. The van der Waals surface area contributed by atoms with Gasteiger partial charge in [-0.3, -0.25) is 9.59 Å². The third-order valence-electron chi connectivity index (χ3n) is 5.70. The largest absolute Gasteiger partial charge is 0.467 e. The number of nitrogens with one attached hydrogen (secondary N) is 1. The molecule has 2 aromatic carbocycles. The van der Waals surface area contributed by atoms with Gasteiger partial charge in [-0.05, 0) is 23.4 Å². The zero-order valence-corrected chi connectivity index (χ0v) is 22.6. The van der Waals surface area contributed by atoms with Crippen LogP contribution in [-0.4, -0.2) is 40.9 Å². The van der Waals surface area contributed by atoms with E-state index in [4.69, 9.17) is 4.74 Å². The first-order valence-electron chi connectivity index (χ1n) is 11.6. The van der Waals surface area contributed by atoms with Crippen molar-refractivity contribution in [3.8, 4) is 10.6 Å². The lowest BCUT2D eigenvalue weighted by Crippen LogP contribution is -2.46. The highest BCUT2D eigenvalue weighted by Crippen LogP contribution is 2.24. The number of benzene rings is 2. The highest BCUT2D eigenvalue weighted by atomic mass is 32.2. The van der Waals surface area contributed by atoms with Crippen molar-refractivity contribution >= 4 is 51.4 Å². The van der Waals surface area contributed by atoms with E-state index < -0.39 is 17.9 Å². The molecule has 9 heteroatoms. The Hall–Kier alpha value is -3.27. The second kappa shape index (κ2) is 13.3. The van der Waals surface area contributed by atoms with E-state index in [1.807, 2.05) is 65.4 Å². The summed E-state index contributed by atoms with van der Waals surface area (Å²) in [6.45, 7) is 0. The topological polar surface area (TPSA) is 85.4 Å². The number of ether oxygens (including phenoxy) is 1. The Morgan fingerprint density at radius 2 is 1.73 bits per heavy atom. The van der Waals surface area contributed by atoms with E-state index in [1.54, 1.807) is 41.0 Å². The van der Waals surface area contributed by atoms with Crippen LogP contribution in [0.15, 0.2) is 83.7 Å². The molecule has 4 rings (SSSR count). The van der Waals surface area contributed by atoms with E-state index in [0.29, 0.717) is 24.2 Å². The lowest BCUT2D eigenvalue weighted by atomic mass is 10.0. The number of hydrogen-bond acceptors (Lipinski definition) is 8. The van der Waals surface area contributed by atoms with Crippen LogP contribution in [0.3, 0.4) is 0 Å². The molecule has 0 saturated heterocycles. The molecule has 0 bridgehead atoms. The maximum absolute atomic E-state index is 13.4. The summed E-state index contributed by atoms with van der Waals surface area (Å²) < 4.78 is 4.99. The van der Waals surface area contributed by atoms with Gasteiger partial charge in [-0.1, -0.05) is 72.4 Å². The molecule has 0 aliphatic carbocycles. The number of amides is 1. The van der Waals surface area contributed by atoms with E-state index in [-0.39, 0.29) is 11.0 Å². The molecular weight excluding hydrogens is 525 g/mol. The molecule has 2 atom stereocenters. The second-order valence-corrected chi connectivity index (χ2v) is 11.2. The number of aromatic nitrogens is 1. The molecule has 1 unspecified atom stereocenters. The lowest BCUT2D eigenvalue weighted by molar-refractivity contribution is -0.145. The number of rotatable bonds is 11. The number of carbonyl (C=O) groups excluding carboxylic acids is 3. The molecule has 190 valence electrons. The first-order valence-corrected chi connectivity index (χ1v) is 14.4. The molecule has 0 aliphatic rings. The Balaban J connectivity index is 1.45. The molecule has 0 spiro atoms. The van der Waals surface area contributed by atoms with Crippen molar-refractivity contribution in [1.82, 2.24) is 10.3 Å². The van der Waals surface area contributed by atoms with Crippen molar-refractivity contribution < 1.29 is 19.1 Å². The van der Waals surface area contributed by atoms with Crippen molar-refractivity contribution in [1.29, 1.82) is 0 Å². The minimum Gasteiger partial charge on any atom is -0.467 e. The van der Waals surface area contributed by atoms with Crippen molar-refractivity contribution in [3.05, 3.63) is 99.7 Å². The SMILES string of the molecule is COC(=O)[C@H](Cc1ccc(-c2nccs2)cc1)NC(=O)C(CSC(=O)c1ccccc1)Cc1cccs1. The molecule has 4 aromatic rings. The quantitative estimate of drug-likeness (QED) is 0.248. The predicted molar refractivity (Wildman–Crippen MR) is 150 cm³/mol. The average Bonchev–Trinajstić information content (AvgIpc) is 3.66. The van der Waals surface area contributed by atoms with E-state index in [9.17, 15) is 14.4 Å². The number of carbonyl (C=O) groups is 3. The molecule has 2 heterocycles. The fraction of sp³-hybridized carbons (Fsp3) is 0.214. The summed E-state index contributed by atoms with van der Waals surface area (Å²) in [6.07, 6.45) is 2.53. The van der Waals surface area contributed by atoms with Crippen LogP contribution in [0.5, 0.6) is 0 Å². The van der Waals surface area contributed by atoms with Crippen LogP contribution in [0.25, 0.3) is 10.6 Å². The van der Waals surface area contributed by atoms with E-state index >= 15 is 0 Å². The van der Waals surface area contributed by atoms with Crippen LogP contribution < -0.4 is 5.32 Å². The Kier molecular flexibility index (Phi) is 9.65. The smallest absolute Gasteiger partial charge is 0.328 e. The molecule has 0 aliphatic heterocycles. The predicted octanol–water partition coefficient (Wildman–Crippen LogP) is 5.50. The number of nitrogens with zero attached hydrogens (tertiary/aromatic N) is 1. The summed E-state index contributed by atoms with van der Waals surface area (Å²) in [5.74, 6) is -0.985. The third kappa shape index (κ3) is 7.61. The molecular formula is C28H26N2O4S3. The summed E-state index contributed by atoms with van der Waals surface area (Å²) in [5.41, 5.74) is 2.48. The fourth-order valence-electron chi connectivity index (χ4n) is 3.74. The highest BCUT2D eigenvalue weighted by molar-refractivity contribution is 8.14. The molecule has 1 N–H and O–H groups in total. The standard InChI is InChI=1S/C28H26N2O4S3/c1-34-27(32)24(16-19-9-11-20(12-10-19)26-29-13-15-36-26)30-25(31)22(17-23-8-5-14-35-23)18-37-28(33)21-6-3-2-4-7-21/h2-15,22,24H,16-18H2,1H3,(H,30,31)/t22?,24-/m0/s1. The normalized spacial score (nSPS) is 12.5. The lowest BCUT2D eigenvalue weighted by Gasteiger charge is -2.21. The fourth-order valence-corrected chi connectivity index (χ4v) is 6.10. The second-order valence-electron chi connectivity index (χ2n) is 8.27. The number of hydrogen-bond donors (Lipinski definition) is 1. The maximum atomic E-state index is 13.4. The number of methoxy groups -OCH3 is 1. The monoisotopic (exact) mass is 550 g/mol. The third-order valence-corrected chi connectivity index (χ3v) is 8.49. The van der Waals surface area contributed by atoms with Crippen LogP contribution in [0, 0.1) is 5.92 Å². The van der Waals surface area contributed by atoms with Gasteiger partial charge in [0.1, 0.15) is 11.0 Å². The van der Waals surface area contributed by atoms with E-state index in [0.717, 1.165) is 32.8 Å². The summed E-state index contributed by atoms with van der Waals surface area (Å²) in [7, 11) is 1.31. The summed E-state index contributed by atoms with van der Waals surface area (Å²) >= 11 is 4.23. The number of thioether (sulfide) groups is 1. The van der Waals surface area contributed by atoms with Gasteiger partial charge in [0.05, 0.1) is 13.0 Å². The number of esters is 1. The van der Waals surface area contributed by atoms with Crippen LogP contribution in [0.4, 0.5) is 0 Å². The zero-order valence-electron chi connectivity index (χ0n) is 20.2. The summed E-state index contributed by atoms with van der Waals surface area (Å²) in [5, 5.41) is 7.60. The highest BCUT2D eigenvalue weighted by Gasteiger charge is 2.28. The van der Waals surface area contributed by atoms with Gasteiger partial charge in [-0.25, -0.2) is 9.78 Å². The van der Waals surface area contributed by atoms with Crippen molar-refractivity contribution in [3.63, 3.8) is 0 Å². The minimum absolute atomic E-state index is 0.0885. The Bertz CT molecular complexity index is 1290. The zero-order chi connectivity index (χ0) is 26.0.